The predicted molar refractivity (Wildman–Crippen MR) is 113 cm³/mol. The van der Waals surface area contributed by atoms with E-state index in [1.165, 1.54) is 25.7 Å². The number of hydrogen-bond donors (Lipinski definition) is 2. The molecule has 27 heavy (non-hydrogen) atoms. The molecule has 2 rings (SSSR count). The molecule has 2 aliphatic rings. The van der Waals surface area contributed by atoms with Crippen LogP contribution in [0.3, 0.4) is 0 Å². The molecule has 0 bridgehead atoms. The zero-order valence-electron chi connectivity index (χ0n) is 18.1. The Morgan fingerprint density at radius 1 is 1.19 bits per heavy atom. The number of carbonyl (C=O) groups excluding carboxylic acids is 1. The van der Waals surface area contributed by atoms with Gasteiger partial charge in [0.25, 0.3) is 0 Å². The summed E-state index contributed by atoms with van der Waals surface area (Å²) in [5.74, 6) is 2.19. The second kappa shape index (κ2) is 10.9. The molecule has 0 aromatic carbocycles. The van der Waals surface area contributed by atoms with Crippen molar-refractivity contribution in [1.29, 1.82) is 0 Å². The minimum absolute atomic E-state index is 0.280. The van der Waals surface area contributed by atoms with E-state index >= 15 is 0 Å². The molecular formula is C21H41N5O. The number of likely N-dealkylation sites (tertiary alicyclic amines) is 1. The Bertz CT molecular complexity index is 483. The Kier molecular flexibility index (Phi) is 8.87. The minimum atomic E-state index is 0.280. The Morgan fingerprint density at radius 2 is 1.85 bits per heavy atom. The van der Waals surface area contributed by atoms with Crippen molar-refractivity contribution >= 4 is 11.9 Å². The van der Waals surface area contributed by atoms with E-state index in [1.807, 2.05) is 7.05 Å². The lowest BCUT2D eigenvalue weighted by molar-refractivity contribution is -0.134. The first-order valence-corrected chi connectivity index (χ1v) is 10.9. The largest absolute Gasteiger partial charge is 0.355 e. The number of likely N-dealkylation sites (N-methyl/N-ethyl adjacent to an activating group) is 1. The average Bonchev–Trinajstić information content (AvgIpc) is 3.35. The van der Waals surface area contributed by atoms with Crippen LogP contribution in [-0.4, -0.2) is 74.5 Å². The summed E-state index contributed by atoms with van der Waals surface area (Å²) in [5, 5.41) is 7.06. The van der Waals surface area contributed by atoms with E-state index in [9.17, 15) is 4.79 Å². The zero-order chi connectivity index (χ0) is 19.8. The molecule has 2 fully saturated rings. The molecule has 2 atom stereocenters. The number of nitrogens with zero attached hydrogens (tertiary/aromatic N) is 3. The lowest BCUT2D eigenvalue weighted by Crippen LogP contribution is -2.50. The zero-order valence-corrected chi connectivity index (χ0v) is 18.1. The number of amides is 1. The van der Waals surface area contributed by atoms with Crippen LogP contribution in [0.5, 0.6) is 0 Å². The Morgan fingerprint density at radius 3 is 2.41 bits per heavy atom. The number of carbonyl (C=O) groups is 1. The van der Waals surface area contributed by atoms with Gasteiger partial charge in [-0.2, -0.15) is 0 Å². The molecule has 156 valence electrons. The van der Waals surface area contributed by atoms with E-state index < -0.39 is 0 Å². The highest BCUT2D eigenvalue weighted by Gasteiger charge is 2.32. The highest BCUT2D eigenvalue weighted by molar-refractivity contribution is 5.81. The van der Waals surface area contributed by atoms with Crippen molar-refractivity contribution in [2.45, 2.75) is 70.9 Å². The quantitative estimate of drug-likeness (QED) is 0.502. The minimum Gasteiger partial charge on any atom is -0.355 e. The molecule has 0 spiro atoms. The predicted octanol–water partition coefficient (Wildman–Crippen LogP) is 2.31. The number of guanidine groups is 1. The van der Waals surface area contributed by atoms with E-state index in [2.05, 4.69) is 53.4 Å². The fraction of sp³-hybridized carbons (Fsp3) is 0.905. The van der Waals surface area contributed by atoms with Crippen molar-refractivity contribution < 1.29 is 4.79 Å². The molecule has 1 saturated carbocycles. The van der Waals surface area contributed by atoms with E-state index in [-0.39, 0.29) is 5.92 Å². The number of hydrogen-bond acceptors (Lipinski definition) is 3. The standard InChI is InChI=1S/C21H41N5O/c1-6-16(7-2)19(25(4)5)14-23-21(22-3)24-18-12-13-26(15-18)20(27)17-10-8-9-11-17/h16-19H,6-15H2,1-5H3,(H2,22,23,24). The average molecular weight is 380 g/mol. The third kappa shape index (κ3) is 6.09. The van der Waals surface area contributed by atoms with Crippen LogP contribution < -0.4 is 10.6 Å². The first-order valence-electron chi connectivity index (χ1n) is 10.9. The highest BCUT2D eigenvalue weighted by Crippen LogP contribution is 2.27. The maximum atomic E-state index is 12.6. The Balaban J connectivity index is 1.82. The summed E-state index contributed by atoms with van der Waals surface area (Å²) in [6, 6.07) is 0.787. The fourth-order valence-electron chi connectivity index (χ4n) is 4.70. The molecule has 6 nitrogen and oxygen atoms in total. The normalized spacial score (nSPS) is 22.7. The maximum absolute atomic E-state index is 12.6. The van der Waals surface area contributed by atoms with Gasteiger partial charge in [0, 0.05) is 44.7 Å². The molecule has 0 aromatic heterocycles. The molecule has 0 radical (unpaired) electrons. The van der Waals surface area contributed by atoms with Crippen LogP contribution >= 0.6 is 0 Å². The molecule has 1 aliphatic carbocycles. The molecule has 0 aromatic rings. The van der Waals surface area contributed by atoms with Crippen molar-refractivity contribution in [2.24, 2.45) is 16.8 Å². The Labute approximate surface area is 166 Å². The van der Waals surface area contributed by atoms with Crippen LogP contribution in [0.4, 0.5) is 0 Å². The molecule has 1 amide bonds. The summed E-state index contributed by atoms with van der Waals surface area (Å²) in [6.45, 7) is 7.10. The van der Waals surface area contributed by atoms with Gasteiger partial charge in [0.1, 0.15) is 0 Å². The van der Waals surface area contributed by atoms with Crippen molar-refractivity contribution in [1.82, 2.24) is 20.4 Å². The lowest BCUT2D eigenvalue weighted by Gasteiger charge is -2.32. The molecule has 1 aliphatic heterocycles. The van der Waals surface area contributed by atoms with Gasteiger partial charge in [0.15, 0.2) is 5.96 Å². The summed E-state index contributed by atoms with van der Waals surface area (Å²) >= 11 is 0. The monoisotopic (exact) mass is 379 g/mol. The van der Waals surface area contributed by atoms with Crippen molar-refractivity contribution in [3.05, 3.63) is 0 Å². The van der Waals surface area contributed by atoms with Gasteiger partial charge >= 0.3 is 0 Å². The van der Waals surface area contributed by atoms with Gasteiger partial charge < -0.3 is 20.4 Å². The van der Waals surface area contributed by atoms with Gasteiger partial charge in [-0.3, -0.25) is 9.79 Å². The van der Waals surface area contributed by atoms with E-state index in [4.69, 9.17) is 0 Å². The van der Waals surface area contributed by atoms with Crippen LogP contribution in [-0.2, 0) is 4.79 Å². The van der Waals surface area contributed by atoms with Crippen molar-refractivity contribution in [3.8, 4) is 0 Å². The maximum Gasteiger partial charge on any atom is 0.225 e. The summed E-state index contributed by atoms with van der Waals surface area (Å²) < 4.78 is 0. The molecule has 1 heterocycles. The Hall–Kier alpha value is -1.30. The highest BCUT2D eigenvalue weighted by atomic mass is 16.2. The summed E-state index contributed by atoms with van der Waals surface area (Å²) in [5.41, 5.74) is 0. The smallest absolute Gasteiger partial charge is 0.225 e. The van der Waals surface area contributed by atoms with Crippen LogP contribution in [0.1, 0.15) is 58.8 Å². The van der Waals surface area contributed by atoms with E-state index in [0.717, 1.165) is 44.9 Å². The van der Waals surface area contributed by atoms with Crippen molar-refractivity contribution in [3.63, 3.8) is 0 Å². The van der Waals surface area contributed by atoms with Crippen LogP contribution in [0.2, 0.25) is 0 Å². The van der Waals surface area contributed by atoms with Gasteiger partial charge in [0.05, 0.1) is 0 Å². The van der Waals surface area contributed by atoms with Gasteiger partial charge in [-0.05, 0) is 39.3 Å². The first-order chi connectivity index (χ1) is 13.0. The lowest BCUT2D eigenvalue weighted by atomic mass is 9.93. The van der Waals surface area contributed by atoms with Crippen molar-refractivity contribution in [2.75, 3.05) is 40.8 Å². The molecule has 2 unspecified atom stereocenters. The fourth-order valence-corrected chi connectivity index (χ4v) is 4.70. The van der Waals surface area contributed by atoms with Crippen LogP contribution in [0.15, 0.2) is 4.99 Å². The third-order valence-electron chi connectivity index (χ3n) is 6.50. The van der Waals surface area contributed by atoms with Gasteiger partial charge in [-0.1, -0.05) is 39.5 Å². The second-order valence-electron chi connectivity index (χ2n) is 8.46. The van der Waals surface area contributed by atoms with E-state index in [0.29, 0.717) is 23.9 Å². The van der Waals surface area contributed by atoms with Gasteiger partial charge in [0.2, 0.25) is 5.91 Å². The summed E-state index contributed by atoms with van der Waals surface area (Å²) in [4.78, 5) is 21.4. The van der Waals surface area contributed by atoms with Gasteiger partial charge in [-0.25, -0.2) is 0 Å². The number of rotatable bonds is 8. The van der Waals surface area contributed by atoms with Crippen LogP contribution in [0, 0.1) is 11.8 Å². The second-order valence-corrected chi connectivity index (χ2v) is 8.46. The molecule has 2 N–H and O–H groups in total. The molecule has 6 heteroatoms. The van der Waals surface area contributed by atoms with Gasteiger partial charge in [-0.15, -0.1) is 0 Å². The summed E-state index contributed by atoms with van der Waals surface area (Å²) in [7, 11) is 6.14. The molecular weight excluding hydrogens is 338 g/mol. The van der Waals surface area contributed by atoms with Crippen LogP contribution in [0.25, 0.3) is 0 Å². The topological polar surface area (TPSA) is 60.0 Å². The SMILES string of the molecule is CCC(CC)C(CNC(=NC)NC1CCN(C(=O)C2CCCC2)C1)N(C)C. The number of aliphatic imine (C=N–C) groups is 1. The number of nitrogens with one attached hydrogen (secondary N) is 2. The third-order valence-corrected chi connectivity index (χ3v) is 6.50. The summed E-state index contributed by atoms with van der Waals surface area (Å²) in [6.07, 6.45) is 7.97. The van der Waals surface area contributed by atoms with E-state index in [1.54, 1.807) is 0 Å². The molecule has 1 saturated heterocycles. The first kappa shape index (κ1) is 22.0.